The van der Waals surface area contributed by atoms with Crippen LogP contribution >= 0.6 is 11.8 Å². The van der Waals surface area contributed by atoms with Crippen LogP contribution in [0.5, 0.6) is 0 Å². The highest BCUT2D eigenvalue weighted by molar-refractivity contribution is 7.98. The zero-order chi connectivity index (χ0) is 14.4. The number of hydrogen-bond donors (Lipinski definition) is 1. The van der Waals surface area contributed by atoms with Crippen molar-refractivity contribution >= 4 is 23.4 Å². The van der Waals surface area contributed by atoms with E-state index in [0.29, 0.717) is 0 Å². The van der Waals surface area contributed by atoms with Gasteiger partial charge in [0.15, 0.2) is 5.16 Å². The molecule has 0 aliphatic heterocycles. The molecule has 2 aromatic rings. The molecule has 1 N–H and O–H groups in total. The Balaban J connectivity index is 2.06. The van der Waals surface area contributed by atoms with E-state index in [1.54, 1.807) is 11.8 Å². The lowest BCUT2D eigenvalue weighted by Gasteiger charge is -2.19. The van der Waals surface area contributed by atoms with Gasteiger partial charge >= 0.3 is 0 Å². The number of thioether (sulfide) groups is 1. The van der Waals surface area contributed by atoms with Gasteiger partial charge in [-0.1, -0.05) is 42.1 Å². The highest BCUT2D eigenvalue weighted by Crippen LogP contribution is 2.19. The van der Waals surface area contributed by atoms with Crippen molar-refractivity contribution in [2.45, 2.75) is 11.6 Å². The third-order valence-electron chi connectivity index (χ3n) is 3.10. The number of hydrogen-bond acceptors (Lipinski definition) is 5. The minimum absolute atomic E-state index is 0.790. The van der Waals surface area contributed by atoms with Gasteiger partial charge < -0.3 is 10.2 Å². The summed E-state index contributed by atoms with van der Waals surface area (Å²) >= 11 is 1.56. The van der Waals surface area contributed by atoms with Crippen LogP contribution in [0.25, 0.3) is 0 Å². The molecule has 1 heterocycles. The highest BCUT2D eigenvalue weighted by atomic mass is 32.2. The number of likely N-dealkylation sites (N-methyl/N-ethyl adjacent to an activating group) is 1. The fourth-order valence-electron chi connectivity index (χ4n) is 1.88. The van der Waals surface area contributed by atoms with Crippen LogP contribution in [0.1, 0.15) is 5.56 Å². The van der Waals surface area contributed by atoms with E-state index in [-0.39, 0.29) is 0 Å². The van der Waals surface area contributed by atoms with Crippen LogP contribution in [0.15, 0.2) is 41.6 Å². The number of nitrogens with zero attached hydrogens (tertiary/aromatic N) is 3. The first-order valence-electron chi connectivity index (χ1n) is 6.59. The summed E-state index contributed by atoms with van der Waals surface area (Å²) in [4.78, 5) is 11.1. The van der Waals surface area contributed by atoms with Crippen LogP contribution in [0.3, 0.4) is 0 Å². The first kappa shape index (κ1) is 14.7. The zero-order valence-electron chi connectivity index (χ0n) is 12.1. The smallest absolute Gasteiger partial charge is 0.191 e. The topological polar surface area (TPSA) is 41.0 Å². The average Bonchev–Trinajstić information content (AvgIpc) is 2.52. The van der Waals surface area contributed by atoms with E-state index >= 15 is 0 Å². The predicted molar refractivity (Wildman–Crippen MR) is 86.8 cm³/mol. The molecule has 1 aromatic heterocycles. The molecule has 0 bridgehead atoms. The molecule has 0 aliphatic carbocycles. The van der Waals surface area contributed by atoms with Gasteiger partial charge in [-0.2, -0.15) is 0 Å². The van der Waals surface area contributed by atoms with Gasteiger partial charge in [0.1, 0.15) is 11.6 Å². The maximum Gasteiger partial charge on any atom is 0.191 e. The Kier molecular flexibility index (Phi) is 5.24. The minimum Gasteiger partial charge on any atom is -0.373 e. The van der Waals surface area contributed by atoms with Gasteiger partial charge in [-0.3, -0.25) is 0 Å². The molecule has 0 saturated heterocycles. The second kappa shape index (κ2) is 7.14. The summed E-state index contributed by atoms with van der Waals surface area (Å²) < 4.78 is 0. The van der Waals surface area contributed by atoms with Gasteiger partial charge in [0.25, 0.3) is 0 Å². The Labute approximate surface area is 124 Å². The molecule has 2 rings (SSSR count). The summed E-state index contributed by atoms with van der Waals surface area (Å²) in [6.45, 7) is 0.929. The third-order valence-corrected chi connectivity index (χ3v) is 3.65. The average molecular weight is 288 g/mol. The van der Waals surface area contributed by atoms with Gasteiger partial charge in [0, 0.05) is 26.7 Å². The molecule has 0 aliphatic rings. The Bertz CT molecular complexity index is 523. The van der Waals surface area contributed by atoms with Gasteiger partial charge in [-0.25, -0.2) is 9.97 Å². The van der Waals surface area contributed by atoms with Crippen LogP contribution in [0, 0.1) is 0 Å². The van der Waals surface area contributed by atoms with E-state index in [2.05, 4.69) is 51.5 Å². The summed E-state index contributed by atoms with van der Waals surface area (Å²) in [7, 11) is 3.94. The summed E-state index contributed by atoms with van der Waals surface area (Å²) in [5.74, 6) is 1.80. The Morgan fingerprint density at radius 2 is 1.95 bits per heavy atom. The maximum absolute atomic E-state index is 4.55. The van der Waals surface area contributed by atoms with Crippen molar-refractivity contribution in [2.24, 2.45) is 0 Å². The fraction of sp³-hybridized carbons (Fsp3) is 0.333. The van der Waals surface area contributed by atoms with Crippen LogP contribution in [0.4, 0.5) is 11.6 Å². The summed E-state index contributed by atoms with van der Waals surface area (Å²) in [5.41, 5.74) is 1.34. The predicted octanol–water partition coefficient (Wildman–Crippen LogP) is 2.92. The number of nitrogens with one attached hydrogen (secondary N) is 1. The molecule has 0 saturated carbocycles. The van der Waals surface area contributed by atoms with Crippen LogP contribution in [0.2, 0.25) is 0 Å². The van der Waals surface area contributed by atoms with Crippen molar-refractivity contribution in [3.05, 3.63) is 42.0 Å². The SMILES string of the molecule is CNc1cc(N(C)CCc2ccccc2)nc(SC)n1. The first-order valence-corrected chi connectivity index (χ1v) is 7.81. The molecular weight excluding hydrogens is 268 g/mol. The van der Waals surface area contributed by atoms with E-state index in [4.69, 9.17) is 0 Å². The lowest BCUT2D eigenvalue weighted by Crippen LogP contribution is -2.22. The van der Waals surface area contributed by atoms with Crippen molar-refractivity contribution in [3.8, 4) is 0 Å². The van der Waals surface area contributed by atoms with Gasteiger partial charge in [0.05, 0.1) is 0 Å². The number of aromatic nitrogens is 2. The van der Waals surface area contributed by atoms with Crippen LogP contribution in [-0.2, 0) is 6.42 Å². The minimum atomic E-state index is 0.790. The van der Waals surface area contributed by atoms with Crippen LogP contribution < -0.4 is 10.2 Å². The van der Waals surface area contributed by atoms with Gasteiger partial charge in [-0.15, -0.1) is 0 Å². The monoisotopic (exact) mass is 288 g/mol. The van der Waals surface area contributed by atoms with Gasteiger partial charge in [-0.05, 0) is 18.2 Å². The van der Waals surface area contributed by atoms with E-state index in [1.807, 2.05) is 25.4 Å². The van der Waals surface area contributed by atoms with Gasteiger partial charge in [0.2, 0.25) is 0 Å². The summed E-state index contributed by atoms with van der Waals surface area (Å²) in [6.07, 6.45) is 2.99. The van der Waals surface area contributed by atoms with Crippen molar-refractivity contribution in [2.75, 3.05) is 37.1 Å². The number of benzene rings is 1. The molecule has 0 radical (unpaired) electrons. The van der Waals surface area contributed by atoms with E-state index in [0.717, 1.165) is 29.8 Å². The quantitative estimate of drug-likeness (QED) is 0.654. The summed E-state index contributed by atoms with van der Waals surface area (Å²) in [5, 5.41) is 3.87. The molecule has 0 spiro atoms. The molecular formula is C15H20N4S. The lowest BCUT2D eigenvalue weighted by atomic mass is 10.1. The van der Waals surface area contributed by atoms with Crippen molar-refractivity contribution < 1.29 is 0 Å². The molecule has 1 aromatic carbocycles. The van der Waals surface area contributed by atoms with Crippen molar-refractivity contribution in [1.29, 1.82) is 0 Å². The lowest BCUT2D eigenvalue weighted by molar-refractivity contribution is 0.835. The second-order valence-corrected chi connectivity index (χ2v) is 5.28. The zero-order valence-corrected chi connectivity index (χ0v) is 12.9. The number of anilines is 2. The standard InChI is InChI=1S/C15H20N4S/c1-16-13-11-14(18-15(17-13)20-3)19(2)10-9-12-7-5-4-6-8-12/h4-8,11H,9-10H2,1-3H3,(H,16,17,18). The number of rotatable bonds is 6. The Hall–Kier alpha value is -1.75. The maximum atomic E-state index is 4.55. The van der Waals surface area contributed by atoms with E-state index in [9.17, 15) is 0 Å². The Morgan fingerprint density at radius 3 is 2.60 bits per heavy atom. The van der Waals surface area contributed by atoms with E-state index in [1.165, 1.54) is 5.56 Å². The molecule has 0 fully saturated rings. The summed E-state index contributed by atoms with van der Waals surface area (Å²) in [6, 6.07) is 12.5. The first-order chi connectivity index (χ1) is 9.72. The molecule has 5 heteroatoms. The molecule has 4 nitrogen and oxygen atoms in total. The molecule has 20 heavy (non-hydrogen) atoms. The molecule has 106 valence electrons. The normalized spacial score (nSPS) is 10.3. The third kappa shape index (κ3) is 3.87. The Morgan fingerprint density at radius 1 is 1.20 bits per heavy atom. The van der Waals surface area contributed by atoms with E-state index < -0.39 is 0 Å². The molecule has 0 atom stereocenters. The second-order valence-electron chi connectivity index (χ2n) is 4.51. The largest absolute Gasteiger partial charge is 0.373 e. The fourth-order valence-corrected chi connectivity index (χ4v) is 2.26. The van der Waals surface area contributed by atoms with Crippen LogP contribution in [-0.4, -0.2) is 36.9 Å². The highest BCUT2D eigenvalue weighted by Gasteiger charge is 2.07. The molecule has 0 amide bonds. The molecule has 0 unspecified atom stereocenters. The van der Waals surface area contributed by atoms with Crippen molar-refractivity contribution in [1.82, 2.24) is 9.97 Å². The van der Waals surface area contributed by atoms with Crippen molar-refractivity contribution in [3.63, 3.8) is 0 Å².